The highest BCUT2D eigenvalue weighted by molar-refractivity contribution is 4.95. The molecule has 2 N–H and O–H groups in total. The van der Waals surface area contributed by atoms with Gasteiger partial charge in [-0.25, -0.2) is 0 Å². The molecule has 0 amide bonds. The summed E-state index contributed by atoms with van der Waals surface area (Å²) in [4.78, 5) is 0. The molecule has 1 aromatic heterocycles. The number of nitrogens with two attached hydrogens (primary N) is 1. The fraction of sp³-hybridized carbons (Fsp3) is 0.200. The fourth-order valence-electron chi connectivity index (χ4n) is 0.511. The molecular weight excluding hydrogens is 106 g/mol. The molecule has 0 unspecified atom stereocenters. The van der Waals surface area contributed by atoms with Gasteiger partial charge in [-0.2, -0.15) is 0 Å². The molecule has 0 aliphatic heterocycles. The van der Waals surface area contributed by atoms with Gasteiger partial charge in [0.05, 0.1) is 6.26 Å². The zero-order valence-corrected chi connectivity index (χ0v) is 4.33. The van der Waals surface area contributed by atoms with Crippen molar-refractivity contribution in [1.29, 1.82) is 0 Å². The molecule has 1 aromatic rings. The smallest absolute Gasteiger partial charge is 0.158 e. The molecule has 0 saturated carbocycles. The molecule has 0 bridgehead atoms. The molecule has 0 radical (unpaired) electrons. The topological polar surface area (TPSA) is 52.8 Å². The van der Waals surface area contributed by atoms with Crippen LogP contribution in [0.15, 0.2) is 22.8 Å². The molecule has 0 aromatic carbocycles. The van der Waals surface area contributed by atoms with E-state index < -0.39 is 0 Å². The average Bonchev–Trinajstić information content (AvgIpc) is 2.19. The zero-order valence-electron chi connectivity index (χ0n) is 4.33. The molecule has 0 aliphatic carbocycles. The SMILES string of the molecule is [O-][NH2+]Cc1ccco1. The number of furan rings is 1. The van der Waals surface area contributed by atoms with E-state index in [0.29, 0.717) is 6.54 Å². The van der Waals surface area contributed by atoms with Gasteiger partial charge in [0.15, 0.2) is 5.76 Å². The van der Waals surface area contributed by atoms with Crippen molar-refractivity contribution in [3.8, 4) is 0 Å². The summed E-state index contributed by atoms with van der Waals surface area (Å²) in [6.07, 6.45) is 1.55. The summed E-state index contributed by atoms with van der Waals surface area (Å²) in [5, 5.41) is 9.81. The van der Waals surface area contributed by atoms with Crippen molar-refractivity contribution in [3.63, 3.8) is 0 Å². The molecule has 3 nitrogen and oxygen atoms in total. The maximum Gasteiger partial charge on any atom is 0.158 e. The van der Waals surface area contributed by atoms with Crippen molar-refractivity contribution in [2.24, 2.45) is 0 Å². The van der Waals surface area contributed by atoms with Gasteiger partial charge in [0.25, 0.3) is 0 Å². The van der Waals surface area contributed by atoms with Crippen LogP contribution in [0.3, 0.4) is 0 Å². The third-order valence-electron chi connectivity index (χ3n) is 0.865. The maximum atomic E-state index is 9.81. The van der Waals surface area contributed by atoms with E-state index in [9.17, 15) is 5.21 Å². The van der Waals surface area contributed by atoms with E-state index in [2.05, 4.69) is 0 Å². The van der Waals surface area contributed by atoms with Crippen molar-refractivity contribution < 1.29 is 9.90 Å². The van der Waals surface area contributed by atoms with E-state index in [0.717, 1.165) is 11.2 Å². The minimum absolute atomic E-state index is 0.382. The lowest BCUT2D eigenvalue weighted by atomic mass is 10.5. The van der Waals surface area contributed by atoms with Crippen LogP contribution in [0.5, 0.6) is 0 Å². The van der Waals surface area contributed by atoms with Gasteiger partial charge >= 0.3 is 0 Å². The standard InChI is InChI=1S/C5H7NO2/c7-6-4-5-2-1-3-8-5/h1-3H,4,6H2. The van der Waals surface area contributed by atoms with Crippen molar-refractivity contribution in [2.45, 2.75) is 6.54 Å². The van der Waals surface area contributed by atoms with Crippen molar-refractivity contribution >= 4 is 0 Å². The summed E-state index contributed by atoms with van der Waals surface area (Å²) in [7, 11) is 0. The van der Waals surface area contributed by atoms with Gasteiger partial charge in [-0.3, -0.25) is 0 Å². The number of hydrogen-bond donors (Lipinski definition) is 1. The van der Waals surface area contributed by atoms with Crippen LogP contribution in [0.1, 0.15) is 5.76 Å². The lowest BCUT2D eigenvalue weighted by Gasteiger charge is -1.95. The monoisotopic (exact) mass is 113 g/mol. The first-order valence-corrected chi connectivity index (χ1v) is 2.39. The maximum absolute atomic E-state index is 9.81. The van der Waals surface area contributed by atoms with Crippen LogP contribution in [0.4, 0.5) is 0 Å². The molecule has 1 heterocycles. The molecule has 3 heteroatoms. The normalized spacial score (nSPS) is 9.62. The third kappa shape index (κ3) is 1.08. The van der Waals surface area contributed by atoms with Gasteiger partial charge in [0, 0.05) is 0 Å². The Balaban J connectivity index is 2.50. The van der Waals surface area contributed by atoms with Crippen LogP contribution in [-0.4, -0.2) is 0 Å². The van der Waals surface area contributed by atoms with Gasteiger partial charge in [-0.05, 0) is 12.1 Å². The largest absolute Gasteiger partial charge is 0.635 e. The zero-order chi connectivity index (χ0) is 5.82. The summed E-state index contributed by atoms with van der Waals surface area (Å²) in [6, 6.07) is 3.53. The quantitative estimate of drug-likeness (QED) is 0.542. The van der Waals surface area contributed by atoms with Crippen molar-refractivity contribution in [1.82, 2.24) is 0 Å². The van der Waals surface area contributed by atoms with Crippen molar-refractivity contribution in [3.05, 3.63) is 29.4 Å². The van der Waals surface area contributed by atoms with Crippen LogP contribution >= 0.6 is 0 Å². The predicted molar refractivity (Wildman–Crippen MR) is 27.7 cm³/mol. The predicted octanol–water partition coefficient (Wildman–Crippen LogP) is -0.159. The molecule has 0 saturated heterocycles. The molecule has 1 rings (SSSR count). The van der Waals surface area contributed by atoms with Crippen LogP contribution in [-0.2, 0) is 6.54 Å². The minimum atomic E-state index is 0.382. The molecule has 8 heavy (non-hydrogen) atoms. The number of quaternary nitrogens is 1. The first-order valence-electron chi connectivity index (χ1n) is 2.39. The van der Waals surface area contributed by atoms with E-state index in [1.165, 1.54) is 0 Å². The Labute approximate surface area is 46.9 Å². The van der Waals surface area contributed by atoms with Gasteiger partial charge < -0.3 is 15.1 Å². The Kier molecular flexibility index (Phi) is 1.66. The number of hydrogen-bond acceptors (Lipinski definition) is 2. The second-order valence-electron chi connectivity index (χ2n) is 1.45. The van der Waals surface area contributed by atoms with Gasteiger partial charge in [0.2, 0.25) is 0 Å². The summed E-state index contributed by atoms with van der Waals surface area (Å²) < 4.78 is 4.84. The van der Waals surface area contributed by atoms with E-state index in [1.807, 2.05) is 0 Å². The summed E-state index contributed by atoms with van der Waals surface area (Å²) in [5.41, 5.74) is 0.818. The number of rotatable bonds is 2. The van der Waals surface area contributed by atoms with Gasteiger partial charge in [0.1, 0.15) is 6.54 Å². The molecule has 0 atom stereocenters. The third-order valence-corrected chi connectivity index (χ3v) is 0.865. The van der Waals surface area contributed by atoms with Crippen LogP contribution in [0.25, 0.3) is 0 Å². The van der Waals surface area contributed by atoms with E-state index >= 15 is 0 Å². The van der Waals surface area contributed by atoms with E-state index in [4.69, 9.17) is 4.42 Å². The van der Waals surface area contributed by atoms with Crippen LogP contribution in [0.2, 0.25) is 0 Å². The lowest BCUT2D eigenvalue weighted by Crippen LogP contribution is -2.75. The molecule has 0 fully saturated rings. The van der Waals surface area contributed by atoms with E-state index in [-0.39, 0.29) is 0 Å². The Bertz CT molecular complexity index is 136. The van der Waals surface area contributed by atoms with Gasteiger partial charge in [-0.15, -0.1) is 0 Å². The fourth-order valence-corrected chi connectivity index (χ4v) is 0.511. The second-order valence-corrected chi connectivity index (χ2v) is 1.45. The minimum Gasteiger partial charge on any atom is -0.635 e. The first kappa shape index (κ1) is 5.34. The number of hydroxylamine groups is 1. The highest BCUT2D eigenvalue weighted by atomic mass is 16.5. The highest BCUT2D eigenvalue weighted by Crippen LogP contribution is 1.95. The molecule has 44 valence electrons. The van der Waals surface area contributed by atoms with Crippen LogP contribution in [0, 0.1) is 5.21 Å². The Morgan fingerprint density at radius 2 is 2.62 bits per heavy atom. The molecule has 0 aliphatic rings. The van der Waals surface area contributed by atoms with Crippen LogP contribution < -0.4 is 5.48 Å². The van der Waals surface area contributed by atoms with E-state index in [1.54, 1.807) is 18.4 Å². The lowest BCUT2D eigenvalue weighted by molar-refractivity contribution is -0.607. The Morgan fingerprint density at radius 3 is 3.12 bits per heavy atom. The molecular formula is C5H7NO2. The second kappa shape index (κ2) is 2.49. The highest BCUT2D eigenvalue weighted by Gasteiger charge is 1.89. The Hall–Kier alpha value is -0.800. The summed E-state index contributed by atoms with van der Waals surface area (Å²) in [6.45, 7) is 0.382. The van der Waals surface area contributed by atoms with Crippen molar-refractivity contribution in [2.75, 3.05) is 0 Å². The average molecular weight is 113 g/mol. The molecule has 0 spiro atoms. The Morgan fingerprint density at radius 1 is 1.75 bits per heavy atom. The summed E-state index contributed by atoms with van der Waals surface area (Å²) in [5.74, 6) is 0.722. The van der Waals surface area contributed by atoms with Gasteiger partial charge in [-0.1, -0.05) is 0 Å². The summed E-state index contributed by atoms with van der Waals surface area (Å²) >= 11 is 0. The first-order chi connectivity index (χ1) is 3.93.